The van der Waals surface area contributed by atoms with Crippen molar-refractivity contribution in [1.82, 2.24) is 0 Å². The quantitative estimate of drug-likeness (QED) is 0.0204. The van der Waals surface area contributed by atoms with E-state index >= 15 is 0 Å². The molecule has 2 amide bonds. The molecule has 1 saturated carbocycles. The predicted molar refractivity (Wildman–Crippen MR) is 438 cm³/mol. The number of alkyl halides is 3. The van der Waals surface area contributed by atoms with Crippen molar-refractivity contribution in [1.29, 1.82) is 0 Å². The molecule has 1 aliphatic carbocycles. The van der Waals surface area contributed by atoms with Gasteiger partial charge >= 0.3 is 24.1 Å². The van der Waals surface area contributed by atoms with Crippen LogP contribution in [0.25, 0.3) is 25.1 Å². The van der Waals surface area contributed by atoms with Crippen LogP contribution < -0.4 is 26.2 Å². The van der Waals surface area contributed by atoms with Crippen molar-refractivity contribution in [3.63, 3.8) is 0 Å². The Labute approximate surface area is 665 Å². The van der Waals surface area contributed by atoms with Crippen molar-refractivity contribution in [2.24, 2.45) is 10.8 Å². The fourth-order valence-electron chi connectivity index (χ4n) is 9.69. The summed E-state index contributed by atoms with van der Waals surface area (Å²) in [6.07, 6.45) is -0.358. The number of carbonyl (C=O) groups excluding carboxylic acids is 6. The summed E-state index contributed by atoms with van der Waals surface area (Å²) >= 11 is 7.41. The molecule has 104 heavy (non-hydrogen) atoms. The second-order valence-corrected chi connectivity index (χ2v) is 34.7. The molecular weight excluding hydrogens is 1830 g/mol. The van der Waals surface area contributed by atoms with E-state index in [9.17, 15) is 65.1 Å². The molecular formula is C78H92F3I4N3O14S2. The molecule has 8 aromatic rings. The molecule has 26 heteroatoms. The van der Waals surface area contributed by atoms with Gasteiger partial charge in [0.05, 0.1) is 56.7 Å². The Bertz CT molecular complexity index is 4300. The summed E-state index contributed by atoms with van der Waals surface area (Å²) in [5.74, 6) is -5.18. The van der Waals surface area contributed by atoms with Crippen molar-refractivity contribution >= 4 is 184 Å². The summed E-state index contributed by atoms with van der Waals surface area (Å²) in [7, 11) is -5.24. The number of aromatic carboxylic acids is 1. The molecule has 564 valence electrons. The number of carboxylic acid groups (broad SMARTS) is 1. The molecule has 2 unspecified atom stereocenters. The summed E-state index contributed by atoms with van der Waals surface area (Å²) in [5, 5.41) is 28.5. The predicted octanol–water partition coefficient (Wildman–Crippen LogP) is 19.2. The second-order valence-electron chi connectivity index (χ2n) is 26.9. The maximum atomic E-state index is 12.9. The zero-order valence-corrected chi connectivity index (χ0v) is 71.1. The second kappa shape index (κ2) is 40.2. The van der Waals surface area contributed by atoms with Crippen molar-refractivity contribution < 1.29 is 85.1 Å². The highest BCUT2D eigenvalue weighted by Gasteiger charge is 2.44. The van der Waals surface area contributed by atoms with Crippen molar-refractivity contribution in [2.75, 3.05) is 16.4 Å². The van der Waals surface area contributed by atoms with Gasteiger partial charge in [-0.05, 0) is 278 Å². The van der Waals surface area contributed by atoms with Crippen molar-refractivity contribution in [3.8, 4) is 16.4 Å². The number of carboxylic acids is 1. The van der Waals surface area contributed by atoms with E-state index in [1.165, 1.54) is 75.4 Å². The van der Waals surface area contributed by atoms with Crippen LogP contribution >= 0.6 is 101 Å². The number of benzene rings is 7. The zero-order valence-electron chi connectivity index (χ0n) is 60.8. The topological polar surface area (TPSA) is 282 Å². The minimum Gasteiger partial charge on any atom is -0.748 e. The number of hydrogen-bond acceptors (Lipinski definition) is 14. The lowest BCUT2D eigenvalue weighted by molar-refractivity contribution is -0.255. The molecule has 0 aliphatic heterocycles. The number of quaternary nitrogens is 1. The summed E-state index contributed by atoms with van der Waals surface area (Å²) in [6, 6.07) is 47.8. The van der Waals surface area contributed by atoms with Gasteiger partial charge in [-0.3, -0.25) is 19.2 Å². The number of esters is 3. The lowest BCUT2D eigenvalue weighted by Crippen LogP contribution is -2.39. The third-order valence-corrected chi connectivity index (χ3v) is 24.7. The standard InChI is InChI=1S/C18H13S.C16H18F3IO7S.C12H22O2.C11H9I3N2O4.C11H16O.C10H15N/c1-2-8-14(9-3-1)19-17-12-6-4-10-15(17)16-11-5-7-13-18(16)19;1-4-15(2,3)14(22)26-11-7-9(5-6-10(11)20)13(21)27-12(16(17,18)19)8-28(23,24)25;1-5-11(2,3)10(13)14-12(4)8-6-7-9-12;1-3(17)15-9-6(12)5(11(19)20)7(13)10(8(9)14)16-4(2)18;1-4-11(2,3)9-6-5-7-10(12)8-9;1-3-8(2)9-4-6-10(11)7-5-9/h1-13H;5-7,12H,4,8H2,1-3H3,(H,23,24,25);5-9H2,1-4H3;1-2H3,(H,15,17)(H,16,18)(H,19,20);5-8,12H,4H2,1-3H3;4-8H,3,11H2,1-2H3/q+1;;;;;/p-1. The fourth-order valence-corrected chi connectivity index (χ4v) is 17.3. The van der Waals surface area contributed by atoms with Gasteiger partial charge in [0.15, 0.2) is 14.3 Å². The van der Waals surface area contributed by atoms with Crippen LogP contribution in [0.5, 0.6) is 11.5 Å². The number of amides is 2. The third-order valence-electron chi connectivity index (χ3n) is 17.5. The molecule has 2 atom stereocenters. The van der Waals surface area contributed by atoms with E-state index in [-0.39, 0.29) is 56.0 Å². The first-order valence-corrected chi connectivity index (χ1v) is 40.6. The van der Waals surface area contributed by atoms with Gasteiger partial charge < -0.3 is 50.1 Å². The Morgan fingerprint density at radius 3 is 1.60 bits per heavy atom. The van der Waals surface area contributed by atoms with E-state index in [4.69, 9.17) is 9.47 Å². The van der Waals surface area contributed by atoms with Gasteiger partial charge in [0.25, 0.3) is 0 Å². The molecule has 0 radical (unpaired) electrons. The van der Waals surface area contributed by atoms with Crippen LogP contribution in [0.4, 0.5) is 30.2 Å². The largest absolute Gasteiger partial charge is 0.748 e. The number of halogens is 7. The van der Waals surface area contributed by atoms with Gasteiger partial charge in [-0.2, -0.15) is 13.2 Å². The van der Waals surface area contributed by atoms with Crippen LogP contribution in [0.15, 0.2) is 146 Å². The number of aromatic hydroxyl groups is 1. The molecule has 9 rings (SSSR count). The number of fused-ring (bicyclic) bond motifs is 3. The van der Waals surface area contributed by atoms with Gasteiger partial charge in [0, 0.05) is 47.8 Å². The normalized spacial score (nSPS) is 13.2. The van der Waals surface area contributed by atoms with E-state index < -0.39 is 57.0 Å². The number of hydrogen-bond donors (Lipinski definition) is 4. The number of phenolic OH excluding ortho intramolecular Hbond substituents is 1. The Morgan fingerprint density at radius 1 is 0.663 bits per heavy atom. The van der Waals surface area contributed by atoms with Crippen LogP contribution in [0.3, 0.4) is 0 Å². The van der Waals surface area contributed by atoms with E-state index in [0.29, 0.717) is 43.7 Å². The van der Waals surface area contributed by atoms with Gasteiger partial charge in [-0.25, -0.2) is 13.2 Å². The van der Waals surface area contributed by atoms with E-state index in [0.717, 1.165) is 43.5 Å². The summed E-state index contributed by atoms with van der Waals surface area (Å²) in [5.41, 5.74) is 6.62. The van der Waals surface area contributed by atoms with Gasteiger partial charge in [0.2, 0.25) is 17.9 Å². The molecule has 17 nitrogen and oxygen atoms in total. The van der Waals surface area contributed by atoms with E-state index in [1.54, 1.807) is 49.4 Å². The Hall–Kier alpha value is -6.04. The fraction of sp³-hybridized carbons (Fsp3) is 0.385. The molecule has 1 aromatic heterocycles. The molecule has 1 aliphatic rings. The van der Waals surface area contributed by atoms with Gasteiger partial charge in [0.1, 0.15) is 22.8 Å². The monoisotopic (exact) mass is 1920 g/mol. The van der Waals surface area contributed by atoms with Gasteiger partial charge in [-0.1, -0.05) is 115 Å². The minimum atomic E-state index is -5.30. The average Bonchev–Trinajstić information content (AvgIpc) is 1.62. The zero-order chi connectivity index (χ0) is 78.5. The van der Waals surface area contributed by atoms with Gasteiger partial charge in [-0.15, -0.1) is 0 Å². The number of rotatable bonds is 18. The number of thiophene rings is 1. The third kappa shape index (κ3) is 27.0. The molecule has 1 heterocycles. The Balaban J connectivity index is 0.000000272. The highest BCUT2D eigenvalue weighted by molar-refractivity contribution is 14.1. The first-order chi connectivity index (χ1) is 48.4. The molecule has 7 aromatic carbocycles. The van der Waals surface area contributed by atoms with Crippen LogP contribution in [-0.4, -0.2) is 77.4 Å². The first-order valence-electron chi connectivity index (χ1n) is 33.5. The molecule has 0 bridgehead atoms. The summed E-state index contributed by atoms with van der Waals surface area (Å²) < 4.78 is 90.1. The van der Waals surface area contributed by atoms with E-state index in [1.807, 2.05) is 101 Å². The highest BCUT2D eigenvalue weighted by atomic mass is 127. The number of phenols is 1. The SMILES string of the molecule is CC(=O)Nc1c(I)c(NC(C)=O)c(I)c(C(=O)[O-])c1I.CCC(C)(C)C(=O)OC1(C)CCCC1.CCC(C)(C)C(=O)Oc1cc(C(=O)OC(CS(=O)(=O)[O-])C(F)(F)F)ccc1I.CCC(C)(C)c1cccc(O)c1.CCC(C)c1ccc([NH3+])cc1.c1ccc(-[s+]2c3ccccc3c3ccccc32)cc1. The smallest absolute Gasteiger partial charge is 0.426 e. The van der Waals surface area contributed by atoms with Crippen LogP contribution in [0.2, 0.25) is 0 Å². The number of carbonyl (C=O) groups is 6. The minimum absolute atomic E-state index is 0.0376. The number of anilines is 2. The molecule has 1 fully saturated rings. The Kier molecular flexibility index (Phi) is 35.0. The lowest BCUT2D eigenvalue weighted by atomic mass is 9.82. The molecule has 0 spiro atoms. The van der Waals surface area contributed by atoms with Crippen molar-refractivity contribution in [2.45, 2.75) is 178 Å². The molecule has 6 N–H and O–H groups in total. The number of ether oxygens (including phenoxy) is 3. The number of nitrogens with one attached hydrogen (secondary N) is 2. The molecule has 0 saturated heterocycles. The first kappa shape index (κ1) is 90.4. The maximum absolute atomic E-state index is 12.9. The summed E-state index contributed by atoms with van der Waals surface area (Å²) in [4.78, 5) is 71.2. The maximum Gasteiger partial charge on any atom is 0.426 e. The Morgan fingerprint density at radius 2 is 1.15 bits per heavy atom. The van der Waals surface area contributed by atoms with Crippen LogP contribution in [0.1, 0.15) is 186 Å². The van der Waals surface area contributed by atoms with E-state index in [2.05, 4.69) is 172 Å². The average molecular weight is 1920 g/mol. The highest BCUT2D eigenvalue weighted by Crippen LogP contribution is 2.48. The lowest BCUT2D eigenvalue weighted by Gasteiger charge is -2.29. The van der Waals surface area contributed by atoms with Crippen LogP contribution in [0, 0.1) is 25.1 Å². The van der Waals surface area contributed by atoms with Crippen molar-refractivity contribution in [3.05, 3.63) is 182 Å². The summed E-state index contributed by atoms with van der Waals surface area (Å²) in [6.45, 7) is 26.6. The van der Waals surface area contributed by atoms with Crippen LogP contribution in [-0.2, 0) is 44.2 Å².